The Hall–Kier alpha value is -4.43. The van der Waals surface area contributed by atoms with Gasteiger partial charge in [0.25, 0.3) is 17.7 Å². The lowest BCUT2D eigenvalue weighted by Gasteiger charge is -2.35. The number of anilines is 3. The number of carbonyl (C=O) groups is 4. The molecule has 0 bridgehead atoms. The van der Waals surface area contributed by atoms with E-state index in [-0.39, 0.29) is 25.7 Å². The molecular formula is C25H25F2N5O7. The standard InChI is InChI=1S/C25H25F2N5O7/c1-13(33)39-21(24(35)30-19-11-17(26)16(23(28)29)10-18(19)27)22-25(36)32(6-8-38-22)15-4-2-3-14(9-15)31-5-7-37-12-20(31)34/h2-4,9-11,21-22H,5-8,12H2,1H3,(H3,28,29)(H,30,35)/t21-,22-/m1/s1. The topological polar surface area (TPSA) is 164 Å². The SMILES string of the molecule is CC(=O)O[C@@H](C(=O)Nc1cc(F)c(C(=N)N)cc1F)[C@H]1OCCN(c2cccc(N3CCOCC3=O)c2)C1=O. The number of nitrogens with two attached hydrogens (primary N) is 1. The van der Waals surface area contributed by atoms with Gasteiger partial charge in [0.2, 0.25) is 6.10 Å². The van der Waals surface area contributed by atoms with Crippen LogP contribution in [0.5, 0.6) is 0 Å². The molecule has 39 heavy (non-hydrogen) atoms. The van der Waals surface area contributed by atoms with Gasteiger partial charge in [-0.2, -0.15) is 0 Å². The van der Waals surface area contributed by atoms with Gasteiger partial charge in [0.05, 0.1) is 24.5 Å². The van der Waals surface area contributed by atoms with Crippen molar-refractivity contribution in [2.45, 2.75) is 19.1 Å². The van der Waals surface area contributed by atoms with E-state index in [1.807, 2.05) is 0 Å². The van der Waals surface area contributed by atoms with Crippen LogP contribution < -0.4 is 20.9 Å². The van der Waals surface area contributed by atoms with Gasteiger partial charge < -0.3 is 35.1 Å². The lowest BCUT2D eigenvalue weighted by molar-refractivity contribution is -0.167. The molecule has 14 heteroatoms. The molecule has 0 radical (unpaired) electrons. The summed E-state index contributed by atoms with van der Waals surface area (Å²) in [6.07, 6.45) is -3.46. The van der Waals surface area contributed by atoms with Gasteiger partial charge in [-0.1, -0.05) is 6.07 Å². The second kappa shape index (κ2) is 11.5. The van der Waals surface area contributed by atoms with E-state index in [2.05, 4.69) is 5.32 Å². The lowest BCUT2D eigenvalue weighted by Crippen LogP contribution is -2.56. The van der Waals surface area contributed by atoms with Crippen molar-refractivity contribution in [3.8, 4) is 0 Å². The van der Waals surface area contributed by atoms with Crippen LogP contribution in [0.3, 0.4) is 0 Å². The summed E-state index contributed by atoms with van der Waals surface area (Å²) in [5.74, 6) is -5.93. The highest BCUT2D eigenvalue weighted by Crippen LogP contribution is 2.27. The monoisotopic (exact) mass is 545 g/mol. The first-order valence-electron chi connectivity index (χ1n) is 11.8. The number of nitrogens with zero attached hydrogens (tertiary/aromatic N) is 2. The highest BCUT2D eigenvalue weighted by atomic mass is 19.1. The van der Waals surface area contributed by atoms with Crippen LogP contribution in [0.1, 0.15) is 12.5 Å². The second-order valence-corrected chi connectivity index (χ2v) is 8.64. The highest BCUT2D eigenvalue weighted by molar-refractivity contribution is 6.05. The number of nitrogen functional groups attached to an aromatic ring is 1. The van der Waals surface area contributed by atoms with E-state index in [0.717, 1.165) is 6.92 Å². The molecule has 0 spiro atoms. The van der Waals surface area contributed by atoms with Gasteiger partial charge in [-0.3, -0.25) is 24.6 Å². The highest BCUT2D eigenvalue weighted by Gasteiger charge is 2.43. The molecule has 2 fully saturated rings. The maximum absolute atomic E-state index is 14.5. The molecule has 2 aromatic rings. The summed E-state index contributed by atoms with van der Waals surface area (Å²) < 4.78 is 44.5. The van der Waals surface area contributed by atoms with E-state index < -0.39 is 58.7 Å². The fourth-order valence-electron chi connectivity index (χ4n) is 4.18. The molecule has 0 saturated carbocycles. The quantitative estimate of drug-likeness (QED) is 0.263. The van der Waals surface area contributed by atoms with Gasteiger partial charge in [-0.15, -0.1) is 0 Å². The summed E-state index contributed by atoms with van der Waals surface area (Å²) in [6.45, 7) is 1.69. The molecule has 2 aliphatic heterocycles. The van der Waals surface area contributed by atoms with Gasteiger partial charge in [0.15, 0.2) is 6.10 Å². The Morgan fingerprint density at radius 1 is 1.10 bits per heavy atom. The Morgan fingerprint density at radius 2 is 1.79 bits per heavy atom. The molecule has 3 amide bonds. The van der Waals surface area contributed by atoms with Gasteiger partial charge in [-0.25, -0.2) is 8.78 Å². The zero-order chi connectivity index (χ0) is 28.3. The molecule has 12 nitrogen and oxygen atoms in total. The maximum atomic E-state index is 14.5. The van der Waals surface area contributed by atoms with Gasteiger partial charge >= 0.3 is 5.97 Å². The molecule has 4 rings (SSSR count). The van der Waals surface area contributed by atoms with Crippen LogP contribution in [0, 0.1) is 17.0 Å². The number of nitrogens with one attached hydrogen (secondary N) is 2. The van der Waals surface area contributed by atoms with Crippen molar-refractivity contribution >= 4 is 46.6 Å². The van der Waals surface area contributed by atoms with Crippen LogP contribution in [-0.4, -0.2) is 74.6 Å². The smallest absolute Gasteiger partial charge is 0.303 e. The number of carbonyl (C=O) groups excluding carboxylic acids is 4. The first kappa shape index (κ1) is 27.6. The third kappa shape index (κ3) is 6.02. The Labute approximate surface area is 221 Å². The molecule has 4 N–H and O–H groups in total. The first-order valence-corrected chi connectivity index (χ1v) is 11.8. The third-order valence-electron chi connectivity index (χ3n) is 5.99. The molecule has 0 aliphatic carbocycles. The van der Waals surface area contributed by atoms with Crippen LogP contribution in [0.2, 0.25) is 0 Å². The van der Waals surface area contributed by atoms with Gasteiger partial charge in [-0.05, 0) is 24.3 Å². The number of hydrogen-bond donors (Lipinski definition) is 3. The Kier molecular flexibility index (Phi) is 8.16. The zero-order valence-corrected chi connectivity index (χ0v) is 20.7. The fourth-order valence-corrected chi connectivity index (χ4v) is 4.18. The number of amidine groups is 1. The van der Waals surface area contributed by atoms with Crippen molar-refractivity contribution in [2.75, 3.05) is 48.0 Å². The summed E-state index contributed by atoms with van der Waals surface area (Å²) >= 11 is 0. The van der Waals surface area contributed by atoms with Crippen molar-refractivity contribution in [1.82, 2.24) is 0 Å². The van der Waals surface area contributed by atoms with Crippen molar-refractivity contribution in [3.63, 3.8) is 0 Å². The largest absolute Gasteiger partial charge is 0.449 e. The second-order valence-electron chi connectivity index (χ2n) is 8.64. The number of morpholine rings is 2. The van der Waals surface area contributed by atoms with E-state index in [9.17, 15) is 28.0 Å². The van der Waals surface area contributed by atoms with Crippen LogP contribution in [0.25, 0.3) is 0 Å². The maximum Gasteiger partial charge on any atom is 0.303 e. The predicted molar refractivity (Wildman–Crippen MR) is 133 cm³/mol. The van der Waals surface area contributed by atoms with Crippen LogP contribution >= 0.6 is 0 Å². The Morgan fingerprint density at radius 3 is 2.46 bits per heavy atom. The molecule has 206 valence electrons. The summed E-state index contributed by atoms with van der Waals surface area (Å²) in [7, 11) is 0. The van der Waals surface area contributed by atoms with Crippen molar-refractivity contribution in [2.24, 2.45) is 5.73 Å². The lowest BCUT2D eigenvalue weighted by atomic mass is 10.1. The number of esters is 1. The minimum atomic E-state index is -1.85. The Bertz CT molecular complexity index is 1340. The molecular weight excluding hydrogens is 520 g/mol. The average molecular weight is 545 g/mol. The van der Waals surface area contributed by atoms with Gasteiger partial charge in [0, 0.05) is 37.5 Å². The van der Waals surface area contributed by atoms with Crippen LogP contribution in [0.15, 0.2) is 36.4 Å². The predicted octanol–water partition coefficient (Wildman–Crippen LogP) is 0.914. The molecule has 2 heterocycles. The minimum Gasteiger partial charge on any atom is -0.449 e. The van der Waals surface area contributed by atoms with Crippen molar-refractivity contribution < 1.29 is 42.2 Å². The number of amides is 3. The summed E-state index contributed by atoms with van der Waals surface area (Å²) in [5, 5.41) is 9.40. The van der Waals surface area contributed by atoms with Crippen molar-refractivity contribution in [1.29, 1.82) is 5.41 Å². The number of ether oxygens (including phenoxy) is 3. The van der Waals surface area contributed by atoms with E-state index in [4.69, 9.17) is 25.4 Å². The van der Waals surface area contributed by atoms with E-state index in [1.165, 1.54) is 9.80 Å². The van der Waals surface area contributed by atoms with E-state index in [0.29, 0.717) is 36.7 Å². The molecule has 0 unspecified atom stereocenters. The van der Waals surface area contributed by atoms with E-state index >= 15 is 0 Å². The number of rotatable bonds is 7. The molecule has 2 atom stereocenters. The van der Waals surface area contributed by atoms with Crippen molar-refractivity contribution in [3.05, 3.63) is 53.6 Å². The zero-order valence-electron chi connectivity index (χ0n) is 20.7. The molecule has 2 saturated heterocycles. The summed E-state index contributed by atoms with van der Waals surface area (Å²) in [5.41, 5.74) is 5.03. The normalized spacial score (nSPS) is 18.5. The summed E-state index contributed by atoms with van der Waals surface area (Å²) in [6, 6.07) is 7.86. The van der Waals surface area contributed by atoms with Crippen LogP contribution in [0.4, 0.5) is 25.8 Å². The molecule has 2 aromatic carbocycles. The third-order valence-corrected chi connectivity index (χ3v) is 5.99. The summed E-state index contributed by atoms with van der Waals surface area (Å²) in [4.78, 5) is 53.4. The number of hydrogen-bond acceptors (Lipinski definition) is 8. The minimum absolute atomic E-state index is 0.0432. The first-order chi connectivity index (χ1) is 18.6. The van der Waals surface area contributed by atoms with Crippen LogP contribution in [-0.2, 0) is 33.4 Å². The molecule has 2 aliphatic rings. The van der Waals surface area contributed by atoms with Gasteiger partial charge in [0.1, 0.15) is 24.1 Å². The fraction of sp³-hybridized carbons (Fsp3) is 0.320. The Balaban J connectivity index is 1.58. The van der Waals surface area contributed by atoms with E-state index in [1.54, 1.807) is 24.3 Å². The number of benzene rings is 2. The number of halogens is 2. The molecule has 0 aromatic heterocycles. The average Bonchev–Trinajstić information content (AvgIpc) is 2.89.